The van der Waals surface area contributed by atoms with E-state index in [0.29, 0.717) is 34.1 Å². The largest absolute Gasteiger partial charge is 0.507 e. The standard InChI is InChI=1S/C38H34F2O5S/c1-2-3-4-7-22-10-12-24(13-11-22)38(44)45-37-29(39)20-25(21-30(37)40)23-14-16-26(17-15-23)46-32-19-18-31(41)33-34(32)36(43)28-9-6-5-8-27(28)35(33)42/h5-6,8-9,14-22,24,41H,2-4,7,10-13H2,1H3. The molecule has 0 aromatic heterocycles. The Balaban J connectivity index is 1.14. The molecule has 46 heavy (non-hydrogen) atoms. The molecule has 0 spiro atoms. The second-order valence-corrected chi connectivity index (χ2v) is 13.2. The third kappa shape index (κ3) is 6.36. The summed E-state index contributed by atoms with van der Waals surface area (Å²) in [6.07, 6.45) is 7.94. The SMILES string of the molecule is CCCCCC1CCC(C(=O)Oc2c(F)cc(-c3ccc(Sc4ccc(O)c5c4C(=O)c4ccccc4C5=O)cc3)cc2F)CC1. The van der Waals surface area contributed by atoms with Crippen LogP contribution in [0.1, 0.15) is 90.1 Å². The van der Waals surface area contributed by atoms with Crippen LogP contribution in [0.2, 0.25) is 0 Å². The number of esters is 1. The van der Waals surface area contributed by atoms with E-state index in [1.165, 1.54) is 37.1 Å². The minimum Gasteiger partial charge on any atom is -0.507 e. The minimum absolute atomic E-state index is 0.0212. The highest BCUT2D eigenvalue weighted by atomic mass is 32.2. The van der Waals surface area contributed by atoms with Crippen molar-refractivity contribution in [3.05, 3.63) is 107 Å². The molecular formula is C38H34F2O5S. The van der Waals surface area contributed by atoms with Gasteiger partial charge in [-0.3, -0.25) is 14.4 Å². The summed E-state index contributed by atoms with van der Waals surface area (Å²) < 4.78 is 35.4. The number of unbranched alkanes of at least 4 members (excludes halogenated alkanes) is 2. The third-order valence-corrected chi connectivity index (χ3v) is 10.1. The summed E-state index contributed by atoms with van der Waals surface area (Å²) in [5.74, 6) is -3.93. The Kier molecular flexibility index (Phi) is 9.36. The molecule has 2 aliphatic rings. The second-order valence-electron chi connectivity index (χ2n) is 12.1. The van der Waals surface area contributed by atoms with Crippen LogP contribution in [0.3, 0.4) is 0 Å². The second kappa shape index (κ2) is 13.6. The Morgan fingerprint density at radius 2 is 1.46 bits per heavy atom. The van der Waals surface area contributed by atoms with Crippen LogP contribution < -0.4 is 4.74 Å². The van der Waals surface area contributed by atoms with Gasteiger partial charge in [0.25, 0.3) is 0 Å². The van der Waals surface area contributed by atoms with Crippen molar-refractivity contribution in [2.24, 2.45) is 11.8 Å². The van der Waals surface area contributed by atoms with Crippen molar-refractivity contribution in [2.75, 3.05) is 0 Å². The summed E-state index contributed by atoms with van der Waals surface area (Å²) in [7, 11) is 0. The van der Waals surface area contributed by atoms with Crippen LogP contribution in [0.25, 0.3) is 11.1 Å². The van der Waals surface area contributed by atoms with Gasteiger partial charge in [0.1, 0.15) is 5.75 Å². The van der Waals surface area contributed by atoms with Gasteiger partial charge in [-0.05, 0) is 79.1 Å². The smallest absolute Gasteiger partial charge is 0.314 e. The van der Waals surface area contributed by atoms with E-state index in [4.69, 9.17) is 4.74 Å². The summed E-state index contributed by atoms with van der Waals surface area (Å²) in [4.78, 5) is 40.5. The van der Waals surface area contributed by atoms with E-state index in [0.717, 1.165) is 31.4 Å². The summed E-state index contributed by atoms with van der Waals surface area (Å²) in [5, 5.41) is 10.5. The fourth-order valence-corrected chi connectivity index (χ4v) is 7.44. The first-order valence-corrected chi connectivity index (χ1v) is 16.6. The summed E-state index contributed by atoms with van der Waals surface area (Å²) in [6, 6.07) is 18.7. The van der Waals surface area contributed by atoms with Crippen LogP contribution in [0, 0.1) is 23.5 Å². The van der Waals surface area contributed by atoms with Gasteiger partial charge in [-0.1, -0.05) is 80.8 Å². The molecule has 236 valence electrons. The average molecular weight is 641 g/mol. The lowest BCUT2D eigenvalue weighted by Gasteiger charge is -2.27. The number of benzene rings is 4. The van der Waals surface area contributed by atoms with E-state index in [1.807, 2.05) is 0 Å². The highest BCUT2D eigenvalue weighted by molar-refractivity contribution is 7.99. The number of hydrogen-bond acceptors (Lipinski definition) is 6. The number of carbonyl (C=O) groups is 3. The van der Waals surface area contributed by atoms with E-state index in [1.54, 1.807) is 54.6 Å². The number of phenols is 1. The van der Waals surface area contributed by atoms with Gasteiger partial charge in [0, 0.05) is 20.9 Å². The quantitative estimate of drug-likeness (QED) is 0.0982. The van der Waals surface area contributed by atoms with Crippen molar-refractivity contribution in [2.45, 2.75) is 68.1 Å². The number of ether oxygens (including phenoxy) is 1. The van der Waals surface area contributed by atoms with Gasteiger partial charge < -0.3 is 9.84 Å². The van der Waals surface area contributed by atoms with Gasteiger partial charge in [0.2, 0.25) is 5.75 Å². The van der Waals surface area contributed by atoms with Gasteiger partial charge in [-0.15, -0.1) is 0 Å². The molecule has 4 aromatic rings. The van der Waals surface area contributed by atoms with Crippen molar-refractivity contribution >= 4 is 29.3 Å². The molecule has 6 rings (SSSR count). The van der Waals surface area contributed by atoms with Gasteiger partial charge in [-0.2, -0.15) is 0 Å². The van der Waals surface area contributed by atoms with Crippen molar-refractivity contribution in [1.29, 1.82) is 0 Å². The van der Waals surface area contributed by atoms with Crippen LogP contribution in [-0.2, 0) is 4.79 Å². The predicted molar refractivity (Wildman–Crippen MR) is 173 cm³/mol. The Hall–Kier alpha value is -4.30. The molecule has 1 fully saturated rings. The number of fused-ring (bicyclic) bond motifs is 2. The zero-order valence-electron chi connectivity index (χ0n) is 25.5. The zero-order chi connectivity index (χ0) is 32.4. The van der Waals surface area contributed by atoms with Gasteiger partial charge >= 0.3 is 5.97 Å². The average Bonchev–Trinajstić information content (AvgIpc) is 3.06. The molecule has 0 unspecified atom stereocenters. The maximum Gasteiger partial charge on any atom is 0.314 e. The Morgan fingerprint density at radius 3 is 2.09 bits per heavy atom. The molecular weight excluding hydrogens is 606 g/mol. The Bertz CT molecular complexity index is 1790. The van der Waals surface area contributed by atoms with Gasteiger partial charge in [-0.25, -0.2) is 8.78 Å². The lowest BCUT2D eigenvalue weighted by Crippen LogP contribution is -2.26. The minimum atomic E-state index is -0.950. The zero-order valence-corrected chi connectivity index (χ0v) is 26.3. The molecule has 0 bridgehead atoms. The summed E-state index contributed by atoms with van der Waals surface area (Å²) >= 11 is 1.24. The maximum absolute atomic E-state index is 15.1. The molecule has 1 saturated carbocycles. The van der Waals surface area contributed by atoms with E-state index in [9.17, 15) is 19.5 Å². The van der Waals surface area contributed by atoms with Crippen LogP contribution in [0.5, 0.6) is 11.5 Å². The van der Waals surface area contributed by atoms with Crippen LogP contribution >= 0.6 is 11.8 Å². The van der Waals surface area contributed by atoms with E-state index in [-0.39, 0.29) is 45.3 Å². The van der Waals surface area contributed by atoms with Crippen molar-refractivity contribution in [1.82, 2.24) is 0 Å². The number of halogens is 2. The van der Waals surface area contributed by atoms with Gasteiger partial charge in [0.15, 0.2) is 23.2 Å². The number of hydrogen-bond donors (Lipinski definition) is 1. The lowest BCUT2D eigenvalue weighted by molar-refractivity contribution is -0.140. The summed E-state index contributed by atoms with van der Waals surface area (Å²) in [5.41, 5.74) is 1.47. The first-order chi connectivity index (χ1) is 22.2. The molecule has 0 radical (unpaired) electrons. The van der Waals surface area contributed by atoms with Crippen LogP contribution in [-0.4, -0.2) is 22.6 Å². The van der Waals surface area contributed by atoms with E-state index >= 15 is 8.78 Å². The Morgan fingerprint density at radius 1 is 0.826 bits per heavy atom. The number of rotatable bonds is 9. The predicted octanol–water partition coefficient (Wildman–Crippen LogP) is 9.56. The topological polar surface area (TPSA) is 80.7 Å². The first kappa shape index (κ1) is 31.7. The van der Waals surface area contributed by atoms with Crippen molar-refractivity contribution < 1.29 is 33.0 Å². The molecule has 2 aliphatic carbocycles. The number of carbonyl (C=O) groups excluding carboxylic acids is 3. The monoisotopic (exact) mass is 640 g/mol. The molecule has 8 heteroatoms. The summed E-state index contributed by atoms with van der Waals surface area (Å²) in [6.45, 7) is 2.18. The molecule has 0 atom stereocenters. The number of ketones is 2. The molecule has 0 heterocycles. The van der Waals surface area contributed by atoms with Crippen molar-refractivity contribution in [3.8, 4) is 22.6 Å². The molecule has 1 N–H and O–H groups in total. The number of aromatic hydroxyl groups is 1. The molecule has 0 amide bonds. The molecule has 0 aliphatic heterocycles. The van der Waals surface area contributed by atoms with Crippen molar-refractivity contribution in [3.63, 3.8) is 0 Å². The molecule has 4 aromatic carbocycles. The molecule has 5 nitrogen and oxygen atoms in total. The van der Waals surface area contributed by atoms with E-state index < -0.39 is 29.1 Å². The van der Waals surface area contributed by atoms with Crippen LogP contribution in [0.15, 0.2) is 82.6 Å². The highest BCUT2D eigenvalue weighted by Gasteiger charge is 2.34. The molecule has 0 saturated heterocycles. The number of phenolic OH excluding ortho intramolecular Hbond substituents is 1. The normalized spacial score (nSPS) is 17.4. The fraction of sp³-hybridized carbons (Fsp3) is 0.289. The van der Waals surface area contributed by atoms with Gasteiger partial charge in [0.05, 0.1) is 17.0 Å². The fourth-order valence-electron chi connectivity index (χ4n) is 6.48. The Labute approximate surface area is 271 Å². The lowest BCUT2D eigenvalue weighted by atomic mass is 9.80. The third-order valence-electron chi connectivity index (χ3n) is 9.03. The highest BCUT2D eigenvalue weighted by Crippen LogP contribution is 2.41. The van der Waals surface area contributed by atoms with E-state index in [2.05, 4.69) is 6.92 Å². The first-order valence-electron chi connectivity index (χ1n) is 15.8. The maximum atomic E-state index is 15.1. The van der Waals surface area contributed by atoms with Crippen LogP contribution in [0.4, 0.5) is 8.78 Å².